The summed E-state index contributed by atoms with van der Waals surface area (Å²) in [5.74, 6) is 0.604. The number of carbonyl (C=O) groups is 3. The number of hydrogen-bond donors (Lipinski definition) is 1. The fourth-order valence-corrected chi connectivity index (χ4v) is 6.93. The van der Waals surface area contributed by atoms with E-state index in [-0.39, 0.29) is 42.8 Å². The molecular formula is C32H32N4O4. The van der Waals surface area contributed by atoms with Crippen LogP contribution in [-0.4, -0.2) is 78.3 Å². The van der Waals surface area contributed by atoms with Crippen LogP contribution in [0.15, 0.2) is 66.7 Å². The Hall–Kier alpha value is -4.17. The maximum Gasteiger partial charge on any atom is 0.261 e. The number of ether oxygens (including phenoxy) is 1. The Morgan fingerprint density at radius 3 is 2.48 bits per heavy atom. The second-order valence-electron chi connectivity index (χ2n) is 11.1. The molecule has 3 aromatic carbocycles. The van der Waals surface area contributed by atoms with Gasteiger partial charge in [-0.25, -0.2) is 0 Å². The zero-order chi connectivity index (χ0) is 27.4. The molecule has 0 radical (unpaired) electrons. The Morgan fingerprint density at radius 2 is 1.70 bits per heavy atom. The molecule has 8 nitrogen and oxygen atoms in total. The van der Waals surface area contributed by atoms with Gasteiger partial charge in [0, 0.05) is 43.8 Å². The van der Waals surface area contributed by atoms with Crippen molar-refractivity contribution in [2.45, 2.75) is 30.8 Å². The van der Waals surface area contributed by atoms with Gasteiger partial charge in [-0.2, -0.15) is 0 Å². The molecule has 0 unspecified atom stereocenters. The molecule has 4 aliphatic rings. The molecule has 1 N–H and O–H groups in total. The second-order valence-corrected chi connectivity index (χ2v) is 11.1. The molecule has 1 fully saturated rings. The maximum atomic E-state index is 13.8. The number of benzene rings is 3. The maximum absolute atomic E-state index is 13.8. The third kappa shape index (κ3) is 4.05. The number of anilines is 1. The Balaban J connectivity index is 1.11. The fourth-order valence-electron chi connectivity index (χ4n) is 6.93. The summed E-state index contributed by atoms with van der Waals surface area (Å²) < 4.78 is 5.46. The number of imide groups is 1. The van der Waals surface area contributed by atoms with Crippen LogP contribution in [0, 0.1) is 0 Å². The molecule has 4 aliphatic heterocycles. The molecule has 204 valence electrons. The second kappa shape index (κ2) is 9.78. The quantitative estimate of drug-likeness (QED) is 0.501. The zero-order valence-electron chi connectivity index (χ0n) is 22.5. The van der Waals surface area contributed by atoms with Crippen LogP contribution in [0.2, 0.25) is 0 Å². The van der Waals surface area contributed by atoms with Gasteiger partial charge in [-0.3, -0.25) is 24.2 Å². The first-order chi connectivity index (χ1) is 19.5. The monoisotopic (exact) mass is 536 g/mol. The molecule has 0 spiro atoms. The number of piperidine rings is 1. The Bertz CT molecular complexity index is 1490. The number of likely N-dealkylation sites (tertiary alicyclic amines) is 1. The highest BCUT2D eigenvalue weighted by Crippen LogP contribution is 2.42. The van der Waals surface area contributed by atoms with Gasteiger partial charge < -0.3 is 15.0 Å². The van der Waals surface area contributed by atoms with Crippen molar-refractivity contribution in [2.24, 2.45) is 0 Å². The molecule has 0 saturated carbocycles. The summed E-state index contributed by atoms with van der Waals surface area (Å²) in [5, 5.41) is 3.63. The summed E-state index contributed by atoms with van der Waals surface area (Å²) in [4.78, 5) is 45.7. The van der Waals surface area contributed by atoms with Crippen LogP contribution in [0.4, 0.5) is 5.69 Å². The van der Waals surface area contributed by atoms with E-state index in [1.165, 1.54) is 16.0 Å². The van der Waals surface area contributed by atoms with Gasteiger partial charge in [0.25, 0.3) is 11.8 Å². The van der Waals surface area contributed by atoms with Crippen LogP contribution in [-0.2, 0) is 11.2 Å². The van der Waals surface area contributed by atoms with E-state index >= 15 is 0 Å². The molecule has 0 aliphatic carbocycles. The van der Waals surface area contributed by atoms with Crippen molar-refractivity contribution in [3.8, 4) is 5.75 Å². The van der Waals surface area contributed by atoms with E-state index < -0.39 is 0 Å². The Morgan fingerprint density at radius 1 is 0.950 bits per heavy atom. The first kappa shape index (κ1) is 24.8. The molecule has 3 atom stereocenters. The van der Waals surface area contributed by atoms with Gasteiger partial charge in [-0.1, -0.05) is 36.4 Å². The number of nitrogens with one attached hydrogen (secondary N) is 1. The van der Waals surface area contributed by atoms with E-state index in [1.54, 1.807) is 31.4 Å². The van der Waals surface area contributed by atoms with Crippen LogP contribution in [0.25, 0.3) is 0 Å². The van der Waals surface area contributed by atoms with Gasteiger partial charge in [-0.15, -0.1) is 0 Å². The van der Waals surface area contributed by atoms with Crippen molar-refractivity contribution in [1.29, 1.82) is 0 Å². The van der Waals surface area contributed by atoms with Crippen molar-refractivity contribution >= 4 is 23.4 Å². The lowest BCUT2D eigenvalue weighted by Crippen LogP contribution is -2.51. The molecule has 8 heteroatoms. The summed E-state index contributed by atoms with van der Waals surface area (Å²) in [6.07, 6.45) is 1.71. The number of rotatable bonds is 5. The average Bonchev–Trinajstić information content (AvgIpc) is 3.47. The standard InChI is InChI=1S/C32H32N4O4/c1-40-21-10-11-27-25(16-21)26-17-35(15-13-28(26)33-27)30(37)19-34-14-12-20-6-2-3-7-22(20)29(34)18-36-31(38)23-8-4-5-9-24(23)32(36)39/h2-11,16,26,28-29,33H,12-15,17-19H2,1H3/t26-,28-,29+/m0/s1. The van der Waals surface area contributed by atoms with Crippen molar-refractivity contribution in [2.75, 3.05) is 45.2 Å². The number of nitrogens with zero attached hydrogens (tertiary/aromatic N) is 3. The van der Waals surface area contributed by atoms with Gasteiger partial charge >= 0.3 is 0 Å². The lowest BCUT2D eigenvalue weighted by Gasteiger charge is -2.41. The number of fused-ring (bicyclic) bond motifs is 5. The molecule has 7 rings (SSSR count). The summed E-state index contributed by atoms with van der Waals surface area (Å²) in [5.41, 5.74) is 5.51. The first-order valence-electron chi connectivity index (χ1n) is 14.0. The van der Waals surface area contributed by atoms with Gasteiger partial charge in [0.05, 0.1) is 30.8 Å². The van der Waals surface area contributed by atoms with Gasteiger partial charge in [0.2, 0.25) is 5.91 Å². The van der Waals surface area contributed by atoms with Crippen LogP contribution in [0.3, 0.4) is 0 Å². The summed E-state index contributed by atoms with van der Waals surface area (Å²) in [7, 11) is 1.67. The van der Waals surface area contributed by atoms with Gasteiger partial charge in [-0.05, 0) is 59.9 Å². The van der Waals surface area contributed by atoms with Crippen LogP contribution in [0.5, 0.6) is 5.75 Å². The predicted molar refractivity (Wildman–Crippen MR) is 151 cm³/mol. The molecule has 40 heavy (non-hydrogen) atoms. The molecule has 3 aromatic rings. The minimum Gasteiger partial charge on any atom is -0.497 e. The van der Waals surface area contributed by atoms with E-state index in [2.05, 4.69) is 34.5 Å². The minimum atomic E-state index is -0.264. The van der Waals surface area contributed by atoms with Crippen LogP contribution < -0.4 is 10.1 Å². The zero-order valence-corrected chi connectivity index (χ0v) is 22.5. The highest BCUT2D eigenvalue weighted by atomic mass is 16.5. The van der Waals surface area contributed by atoms with Crippen molar-refractivity contribution in [1.82, 2.24) is 14.7 Å². The lowest BCUT2D eigenvalue weighted by atomic mass is 9.89. The van der Waals surface area contributed by atoms with E-state index in [0.717, 1.165) is 29.8 Å². The number of methoxy groups -OCH3 is 1. The number of amides is 3. The van der Waals surface area contributed by atoms with Crippen LogP contribution >= 0.6 is 0 Å². The van der Waals surface area contributed by atoms with E-state index in [0.29, 0.717) is 36.8 Å². The summed E-state index contributed by atoms with van der Waals surface area (Å²) >= 11 is 0. The van der Waals surface area contributed by atoms with E-state index in [9.17, 15) is 14.4 Å². The first-order valence-corrected chi connectivity index (χ1v) is 14.0. The fraction of sp³-hybridized carbons (Fsp3) is 0.344. The highest BCUT2D eigenvalue weighted by Gasteiger charge is 2.41. The van der Waals surface area contributed by atoms with Crippen LogP contribution in [0.1, 0.15) is 55.8 Å². The topological polar surface area (TPSA) is 82.2 Å². The minimum absolute atomic E-state index is 0.0848. The average molecular weight is 537 g/mol. The SMILES string of the molecule is COc1ccc2c(c1)[C@@H]1CN(C(=O)CN3CCc4ccccc4[C@H]3CN3C(=O)c4ccccc4C3=O)CC[C@@H]1N2. The third-order valence-corrected chi connectivity index (χ3v) is 9.06. The molecule has 1 saturated heterocycles. The predicted octanol–water partition coefficient (Wildman–Crippen LogP) is 3.70. The molecular weight excluding hydrogens is 504 g/mol. The largest absolute Gasteiger partial charge is 0.497 e. The third-order valence-electron chi connectivity index (χ3n) is 9.06. The number of hydrogen-bond acceptors (Lipinski definition) is 6. The Labute approximate surface area is 233 Å². The van der Waals surface area contributed by atoms with Gasteiger partial charge in [0.15, 0.2) is 0 Å². The normalized spacial score (nSPS) is 23.3. The molecule has 4 heterocycles. The molecule has 0 aromatic heterocycles. The summed E-state index contributed by atoms with van der Waals surface area (Å²) in [6, 6.07) is 21.3. The Kier molecular flexibility index (Phi) is 6.08. The highest BCUT2D eigenvalue weighted by molar-refractivity contribution is 6.21. The van der Waals surface area contributed by atoms with Gasteiger partial charge in [0.1, 0.15) is 5.75 Å². The summed E-state index contributed by atoms with van der Waals surface area (Å²) in [6.45, 7) is 2.52. The molecule has 3 amide bonds. The van der Waals surface area contributed by atoms with Crippen molar-refractivity contribution < 1.29 is 19.1 Å². The lowest BCUT2D eigenvalue weighted by molar-refractivity contribution is -0.134. The van der Waals surface area contributed by atoms with E-state index in [1.807, 2.05) is 23.1 Å². The smallest absolute Gasteiger partial charge is 0.261 e. The van der Waals surface area contributed by atoms with Crippen molar-refractivity contribution in [3.63, 3.8) is 0 Å². The number of carbonyl (C=O) groups excluding carboxylic acids is 3. The van der Waals surface area contributed by atoms with Crippen molar-refractivity contribution in [3.05, 3.63) is 94.5 Å². The molecule has 0 bridgehead atoms. The van der Waals surface area contributed by atoms with E-state index in [4.69, 9.17) is 4.74 Å².